The van der Waals surface area contributed by atoms with Crippen molar-refractivity contribution in [3.8, 4) is 0 Å². The maximum absolute atomic E-state index is 10.8. The van der Waals surface area contributed by atoms with Crippen LogP contribution < -0.4 is 5.32 Å². The number of aromatic nitrogens is 2. The summed E-state index contributed by atoms with van der Waals surface area (Å²) in [5.74, 6) is 0.908. The number of nitrogens with zero attached hydrogens (tertiary/aromatic N) is 2. The van der Waals surface area contributed by atoms with E-state index in [9.17, 15) is 8.42 Å². The van der Waals surface area contributed by atoms with E-state index in [-0.39, 0.29) is 5.75 Å². The lowest BCUT2D eigenvalue weighted by Gasteiger charge is -1.99. The number of sulfone groups is 1. The zero-order chi connectivity index (χ0) is 10.6. The third-order valence-electron chi connectivity index (χ3n) is 1.53. The van der Waals surface area contributed by atoms with Crippen LogP contribution in [0.2, 0.25) is 0 Å². The molecule has 7 heteroatoms. The molecule has 1 heterocycles. The van der Waals surface area contributed by atoms with E-state index in [0.29, 0.717) is 11.7 Å². The molecule has 0 fully saturated rings. The highest BCUT2D eigenvalue weighted by atomic mass is 32.2. The van der Waals surface area contributed by atoms with E-state index in [0.717, 1.165) is 12.2 Å². The summed E-state index contributed by atoms with van der Waals surface area (Å²) in [6, 6.07) is 0. The van der Waals surface area contributed by atoms with Crippen LogP contribution in [0.5, 0.6) is 0 Å². The van der Waals surface area contributed by atoms with Gasteiger partial charge in [-0.3, -0.25) is 0 Å². The number of rotatable bonds is 5. The number of anilines is 1. The van der Waals surface area contributed by atoms with Crippen LogP contribution in [0.15, 0.2) is 0 Å². The lowest BCUT2D eigenvalue weighted by molar-refractivity contribution is 0.602. The predicted octanol–water partition coefficient (Wildman–Crippen LogP) is 0.557. The van der Waals surface area contributed by atoms with Gasteiger partial charge in [-0.05, 0) is 0 Å². The molecule has 0 radical (unpaired) electrons. The van der Waals surface area contributed by atoms with Crippen LogP contribution in [0, 0.1) is 0 Å². The molecule has 0 atom stereocenters. The van der Waals surface area contributed by atoms with Crippen molar-refractivity contribution in [2.45, 2.75) is 13.3 Å². The molecule has 0 aliphatic heterocycles. The van der Waals surface area contributed by atoms with Gasteiger partial charge in [0.05, 0.1) is 5.75 Å². The molecule has 1 rings (SSSR count). The van der Waals surface area contributed by atoms with Gasteiger partial charge in [-0.1, -0.05) is 6.92 Å². The zero-order valence-electron chi connectivity index (χ0n) is 8.15. The van der Waals surface area contributed by atoms with Gasteiger partial charge in [0.15, 0.2) is 0 Å². The van der Waals surface area contributed by atoms with E-state index in [4.69, 9.17) is 0 Å². The first-order valence-corrected chi connectivity index (χ1v) is 7.09. The van der Waals surface area contributed by atoms with Crippen LogP contribution in [0.25, 0.3) is 0 Å². The summed E-state index contributed by atoms with van der Waals surface area (Å²) in [6.07, 6.45) is 2.01. The van der Waals surface area contributed by atoms with Crippen molar-refractivity contribution < 1.29 is 8.42 Å². The van der Waals surface area contributed by atoms with E-state index in [2.05, 4.69) is 14.7 Å². The molecule has 0 spiro atoms. The fourth-order valence-corrected chi connectivity index (χ4v) is 1.96. The Morgan fingerprint density at radius 3 is 2.71 bits per heavy atom. The van der Waals surface area contributed by atoms with E-state index < -0.39 is 9.84 Å². The Bertz CT molecular complexity index is 385. The molecule has 0 saturated carbocycles. The van der Waals surface area contributed by atoms with Crippen LogP contribution in [0.4, 0.5) is 5.13 Å². The molecule has 5 nitrogen and oxygen atoms in total. The van der Waals surface area contributed by atoms with Gasteiger partial charge < -0.3 is 5.32 Å². The minimum Gasteiger partial charge on any atom is -0.359 e. The Morgan fingerprint density at radius 1 is 1.50 bits per heavy atom. The Hall–Kier alpha value is -0.690. The minimum absolute atomic E-state index is 0.119. The molecule has 0 aliphatic rings. The van der Waals surface area contributed by atoms with E-state index in [1.165, 1.54) is 17.8 Å². The maximum atomic E-state index is 10.8. The fourth-order valence-electron chi connectivity index (χ4n) is 0.813. The van der Waals surface area contributed by atoms with Crippen molar-refractivity contribution in [3.05, 3.63) is 5.82 Å². The second-order valence-corrected chi connectivity index (χ2v) is 5.94. The Labute approximate surface area is 87.7 Å². The number of nitrogens with one attached hydrogen (secondary N) is 1. The Morgan fingerprint density at radius 2 is 2.21 bits per heavy atom. The first kappa shape index (κ1) is 11.4. The molecule has 1 N–H and O–H groups in total. The van der Waals surface area contributed by atoms with Crippen molar-refractivity contribution in [2.24, 2.45) is 0 Å². The van der Waals surface area contributed by atoms with E-state index in [1.807, 2.05) is 6.92 Å². The first-order chi connectivity index (χ1) is 6.51. The normalized spacial score (nSPS) is 11.6. The summed E-state index contributed by atoms with van der Waals surface area (Å²) in [7, 11) is -2.90. The fraction of sp³-hybridized carbons (Fsp3) is 0.714. The molecule has 0 aromatic carbocycles. The summed E-state index contributed by atoms with van der Waals surface area (Å²) >= 11 is 1.26. The van der Waals surface area contributed by atoms with E-state index in [1.54, 1.807) is 0 Å². The van der Waals surface area contributed by atoms with Gasteiger partial charge in [-0.2, -0.15) is 4.37 Å². The summed E-state index contributed by atoms with van der Waals surface area (Å²) in [5, 5.41) is 3.61. The van der Waals surface area contributed by atoms with Gasteiger partial charge in [-0.25, -0.2) is 13.4 Å². The van der Waals surface area contributed by atoms with Crippen molar-refractivity contribution in [3.63, 3.8) is 0 Å². The average Bonchev–Trinajstić information content (AvgIpc) is 2.50. The molecular weight excluding hydrogens is 222 g/mol. The van der Waals surface area contributed by atoms with Crippen molar-refractivity contribution >= 4 is 26.5 Å². The third kappa shape index (κ3) is 4.01. The zero-order valence-corrected chi connectivity index (χ0v) is 9.78. The molecule has 0 bridgehead atoms. The van der Waals surface area contributed by atoms with Crippen LogP contribution in [-0.4, -0.2) is 36.3 Å². The molecule has 14 heavy (non-hydrogen) atoms. The van der Waals surface area contributed by atoms with Gasteiger partial charge in [0, 0.05) is 30.8 Å². The van der Waals surface area contributed by atoms with Crippen LogP contribution in [0.3, 0.4) is 0 Å². The second-order valence-electron chi connectivity index (χ2n) is 2.93. The Balaban J connectivity index is 2.39. The first-order valence-electron chi connectivity index (χ1n) is 4.25. The summed E-state index contributed by atoms with van der Waals surface area (Å²) < 4.78 is 25.7. The van der Waals surface area contributed by atoms with Crippen molar-refractivity contribution in [1.82, 2.24) is 9.36 Å². The average molecular weight is 235 g/mol. The summed E-state index contributed by atoms with van der Waals surface area (Å²) in [5.41, 5.74) is 0. The molecule has 80 valence electrons. The maximum Gasteiger partial charge on any atom is 0.202 e. The highest BCUT2D eigenvalue weighted by molar-refractivity contribution is 7.90. The standard InChI is InChI=1S/C7H13N3O2S2/c1-3-6-9-7(13-10-6)8-4-5-14(2,11)12/h3-5H2,1-2H3,(H,8,9,10). The predicted molar refractivity (Wildman–Crippen MR) is 57.5 cm³/mol. The van der Waals surface area contributed by atoms with E-state index >= 15 is 0 Å². The lowest BCUT2D eigenvalue weighted by Crippen LogP contribution is -2.13. The monoisotopic (exact) mass is 235 g/mol. The smallest absolute Gasteiger partial charge is 0.202 e. The summed E-state index contributed by atoms with van der Waals surface area (Å²) in [4.78, 5) is 4.15. The van der Waals surface area contributed by atoms with Gasteiger partial charge in [0.2, 0.25) is 5.13 Å². The molecule has 0 saturated heterocycles. The number of hydrogen-bond donors (Lipinski definition) is 1. The Kier molecular flexibility index (Phi) is 3.82. The molecule has 0 amide bonds. The molecule has 0 unspecified atom stereocenters. The largest absolute Gasteiger partial charge is 0.359 e. The topological polar surface area (TPSA) is 72.0 Å². The summed E-state index contributed by atoms with van der Waals surface area (Å²) in [6.45, 7) is 2.36. The van der Waals surface area contributed by atoms with Crippen molar-refractivity contribution in [2.75, 3.05) is 23.9 Å². The van der Waals surface area contributed by atoms with Gasteiger partial charge in [-0.15, -0.1) is 0 Å². The highest BCUT2D eigenvalue weighted by Crippen LogP contribution is 2.10. The highest BCUT2D eigenvalue weighted by Gasteiger charge is 2.04. The van der Waals surface area contributed by atoms with Crippen LogP contribution in [0.1, 0.15) is 12.7 Å². The number of aryl methyl sites for hydroxylation is 1. The molecule has 1 aromatic rings. The van der Waals surface area contributed by atoms with Crippen LogP contribution >= 0.6 is 11.5 Å². The minimum atomic E-state index is -2.90. The lowest BCUT2D eigenvalue weighted by atomic mass is 10.5. The third-order valence-corrected chi connectivity index (χ3v) is 3.19. The molecular formula is C7H13N3O2S2. The number of hydrogen-bond acceptors (Lipinski definition) is 6. The SMILES string of the molecule is CCc1nsc(NCCS(C)(=O)=O)n1. The molecule has 0 aliphatic carbocycles. The van der Waals surface area contributed by atoms with Gasteiger partial charge >= 0.3 is 0 Å². The van der Waals surface area contributed by atoms with Gasteiger partial charge in [0.1, 0.15) is 15.7 Å². The molecule has 1 aromatic heterocycles. The van der Waals surface area contributed by atoms with Gasteiger partial charge in [0.25, 0.3) is 0 Å². The quantitative estimate of drug-likeness (QED) is 0.807. The van der Waals surface area contributed by atoms with Crippen LogP contribution in [-0.2, 0) is 16.3 Å². The van der Waals surface area contributed by atoms with Crippen molar-refractivity contribution in [1.29, 1.82) is 0 Å². The second kappa shape index (κ2) is 4.70.